The molecule has 16 heavy (non-hydrogen) atoms. The summed E-state index contributed by atoms with van der Waals surface area (Å²) in [6.45, 7) is 12.6. The van der Waals surface area contributed by atoms with Crippen molar-refractivity contribution < 1.29 is 14.0 Å². The van der Waals surface area contributed by atoms with Crippen LogP contribution in [0, 0.1) is 5.92 Å². The van der Waals surface area contributed by atoms with Crippen molar-refractivity contribution in [3.05, 3.63) is 0 Å². The zero-order valence-corrected chi connectivity index (χ0v) is 12.1. The molecule has 94 valence electrons. The second-order valence-electron chi connectivity index (χ2n) is 6.08. The van der Waals surface area contributed by atoms with Gasteiger partial charge in [-0.3, -0.25) is 4.79 Å². The summed E-state index contributed by atoms with van der Waals surface area (Å²) < 4.78 is 11.2. The molecule has 1 fully saturated rings. The van der Waals surface area contributed by atoms with E-state index in [4.69, 9.17) is 9.16 Å². The molecule has 0 aromatic rings. The highest BCUT2D eigenvalue weighted by atomic mass is 28.4. The summed E-state index contributed by atoms with van der Waals surface area (Å²) in [7, 11) is -1.71. The first-order valence-corrected chi connectivity index (χ1v) is 8.89. The van der Waals surface area contributed by atoms with Crippen molar-refractivity contribution in [2.75, 3.05) is 19.8 Å². The van der Waals surface area contributed by atoms with E-state index in [1.54, 1.807) is 0 Å². The molecule has 0 aromatic carbocycles. The van der Waals surface area contributed by atoms with Gasteiger partial charge in [-0.25, -0.2) is 0 Å². The van der Waals surface area contributed by atoms with E-state index in [2.05, 4.69) is 33.9 Å². The van der Waals surface area contributed by atoms with Gasteiger partial charge in [-0.05, 0) is 24.6 Å². The summed E-state index contributed by atoms with van der Waals surface area (Å²) in [5.74, 6) is 0.257. The molecule has 1 unspecified atom stereocenters. The largest absolute Gasteiger partial charge is 0.416 e. The zero-order chi connectivity index (χ0) is 12.4. The van der Waals surface area contributed by atoms with Gasteiger partial charge < -0.3 is 9.16 Å². The topological polar surface area (TPSA) is 35.5 Å². The van der Waals surface area contributed by atoms with E-state index in [0.29, 0.717) is 13.2 Å². The lowest BCUT2D eigenvalue weighted by Crippen LogP contribution is -2.43. The van der Waals surface area contributed by atoms with Crippen LogP contribution in [-0.4, -0.2) is 33.9 Å². The lowest BCUT2D eigenvalue weighted by atomic mass is 10.0. The normalized spacial score (nSPS) is 23.6. The van der Waals surface area contributed by atoms with Crippen LogP contribution in [0.3, 0.4) is 0 Å². The van der Waals surface area contributed by atoms with Crippen LogP contribution >= 0.6 is 0 Å². The SMILES string of the molecule is CC(C)(C)[Si](C)(C)OCC1CCOCC1=O. The van der Waals surface area contributed by atoms with Gasteiger partial charge in [0.05, 0.1) is 0 Å². The van der Waals surface area contributed by atoms with E-state index in [-0.39, 0.29) is 23.3 Å². The quantitative estimate of drug-likeness (QED) is 0.716. The van der Waals surface area contributed by atoms with Crippen LogP contribution in [-0.2, 0) is 14.0 Å². The smallest absolute Gasteiger partial charge is 0.192 e. The van der Waals surface area contributed by atoms with Crippen molar-refractivity contribution in [1.29, 1.82) is 0 Å². The first-order valence-electron chi connectivity index (χ1n) is 5.98. The van der Waals surface area contributed by atoms with Crippen LogP contribution in [0.25, 0.3) is 0 Å². The third-order valence-electron chi connectivity index (χ3n) is 3.76. The molecule has 1 aliphatic heterocycles. The molecule has 0 amide bonds. The van der Waals surface area contributed by atoms with Gasteiger partial charge in [-0.1, -0.05) is 20.8 Å². The first-order chi connectivity index (χ1) is 7.24. The van der Waals surface area contributed by atoms with Gasteiger partial charge in [0.1, 0.15) is 6.61 Å². The molecule has 1 aliphatic rings. The molecule has 1 rings (SSSR count). The molecule has 0 bridgehead atoms. The maximum absolute atomic E-state index is 11.6. The van der Waals surface area contributed by atoms with Gasteiger partial charge in [0.25, 0.3) is 0 Å². The van der Waals surface area contributed by atoms with E-state index >= 15 is 0 Å². The number of rotatable bonds is 3. The lowest BCUT2D eigenvalue weighted by molar-refractivity contribution is -0.133. The van der Waals surface area contributed by atoms with Gasteiger partial charge in [-0.2, -0.15) is 0 Å². The molecule has 1 saturated heterocycles. The third kappa shape index (κ3) is 3.40. The Morgan fingerprint density at radius 1 is 1.44 bits per heavy atom. The van der Waals surface area contributed by atoms with E-state index in [0.717, 1.165) is 6.42 Å². The molecule has 0 spiro atoms. The fourth-order valence-electron chi connectivity index (χ4n) is 1.38. The minimum absolute atomic E-state index is 0.0582. The van der Waals surface area contributed by atoms with E-state index in [1.807, 2.05) is 0 Å². The Hall–Kier alpha value is -0.193. The summed E-state index contributed by atoms with van der Waals surface area (Å²) in [6, 6.07) is 0. The number of ketones is 1. The fraction of sp³-hybridized carbons (Fsp3) is 0.917. The van der Waals surface area contributed by atoms with Crippen LogP contribution in [0.1, 0.15) is 27.2 Å². The lowest BCUT2D eigenvalue weighted by Gasteiger charge is -2.37. The van der Waals surface area contributed by atoms with Crippen molar-refractivity contribution in [2.24, 2.45) is 5.92 Å². The van der Waals surface area contributed by atoms with Crippen molar-refractivity contribution in [2.45, 2.75) is 45.3 Å². The standard InChI is InChI=1S/C12H24O3Si/c1-12(2,3)16(4,5)15-8-10-6-7-14-9-11(10)13/h10H,6-9H2,1-5H3. The number of hydrogen-bond acceptors (Lipinski definition) is 3. The van der Waals surface area contributed by atoms with E-state index < -0.39 is 8.32 Å². The minimum Gasteiger partial charge on any atom is -0.416 e. The third-order valence-corrected chi connectivity index (χ3v) is 8.26. The van der Waals surface area contributed by atoms with Crippen LogP contribution in [0.2, 0.25) is 18.1 Å². The van der Waals surface area contributed by atoms with Crippen molar-refractivity contribution in [3.8, 4) is 0 Å². The Bertz CT molecular complexity index is 255. The van der Waals surface area contributed by atoms with E-state index in [1.165, 1.54) is 0 Å². The molecule has 0 N–H and O–H groups in total. The number of Topliss-reactive ketones (excluding diaryl/α,β-unsaturated/α-hetero) is 1. The van der Waals surface area contributed by atoms with Crippen molar-refractivity contribution in [3.63, 3.8) is 0 Å². The Kier molecular flexibility index (Phi) is 4.32. The number of carbonyl (C=O) groups excluding carboxylic acids is 1. The first kappa shape index (κ1) is 13.9. The number of ether oxygens (including phenoxy) is 1. The number of carbonyl (C=O) groups is 1. The predicted octanol–water partition coefficient (Wildman–Crippen LogP) is 2.61. The van der Waals surface area contributed by atoms with Crippen LogP contribution in [0.5, 0.6) is 0 Å². The number of hydrogen-bond donors (Lipinski definition) is 0. The average Bonchev–Trinajstić information content (AvgIpc) is 2.15. The Labute approximate surface area is 99.6 Å². The molecule has 1 heterocycles. The van der Waals surface area contributed by atoms with Crippen LogP contribution in [0.15, 0.2) is 0 Å². The maximum atomic E-state index is 11.6. The highest BCUT2D eigenvalue weighted by molar-refractivity contribution is 6.74. The molecule has 0 aliphatic carbocycles. The molecule has 0 saturated carbocycles. The second kappa shape index (κ2) is 4.98. The summed E-state index contributed by atoms with van der Waals surface area (Å²) in [5.41, 5.74) is 0. The van der Waals surface area contributed by atoms with Crippen LogP contribution < -0.4 is 0 Å². The average molecular weight is 244 g/mol. The summed E-state index contributed by atoms with van der Waals surface area (Å²) >= 11 is 0. The van der Waals surface area contributed by atoms with Crippen LogP contribution in [0.4, 0.5) is 0 Å². The maximum Gasteiger partial charge on any atom is 0.192 e. The molecular weight excluding hydrogens is 220 g/mol. The van der Waals surface area contributed by atoms with Gasteiger partial charge >= 0.3 is 0 Å². The Balaban J connectivity index is 2.47. The summed E-state index contributed by atoms with van der Waals surface area (Å²) in [6.07, 6.45) is 0.813. The van der Waals surface area contributed by atoms with E-state index in [9.17, 15) is 4.79 Å². The molecule has 1 atom stereocenters. The van der Waals surface area contributed by atoms with Gasteiger partial charge in [0.15, 0.2) is 14.1 Å². The Morgan fingerprint density at radius 3 is 2.56 bits per heavy atom. The molecule has 4 heteroatoms. The second-order valence-corrected chi connectivity index (χ2v) is 10.9. The fourth-order valence-corrected chi connectivity index (χ4v) is 2.43. The van der Waals surface area contributed by atoms with Gasteiger partial charge in [0, 0.05) is 19.1 Å². The zero-order valence-electron chi connectivity index (χ0n) is 11.1. The summed E-state index contributed by atoms with van der Waals surface area (Å²) in [5, 5.41) is 0.210. The predicted molar refractivity (Wildman–Crippen MR) is 67.1 cm³/mol. The van der Waals surface area contributed by atoms with Gasteiger partial charge in [0.2, 0.25) is 0 Å². The van der Waals surface area contributed by atoms with Gasteiger partial charge in [-0.15, -0.1) is 0 Å². The minimum atomic E-state index is -1.71. The van der Waals surface area contributed by atoms with Crippen molar-refractivity contribution >= 4 is 14.1 Å². The molecule has 0 aromatic heterocycles. The molecule has 3 nitrogen and oxygen atoms in total. The summed E-state index contributed by atoms with van der Waals surface area (Å²) in [4.78, 5) is 11.6. The highest BCUT2D eigenvalue weighted by Gasteiger charge is 2.38. The van der Waals surface area contributed by atoms with Crippen molar-refractivity contribution in [1.82, 2.24) is 0 Å². The Morgan fingerprint density at radius 2 is 2.06 bits per heavy atom. The molecule has 0 radical (unpaired) electrons. The highest BCUT2D eigenvalue weighted by Crippen LogP contribution is 2.37. The monoisotopic (exact) mass is 244 g/mol. The molecular formula is C12H24O3Si.